The van der Waals surface area contributed by atoms with Gasteiger partial charge in [-0.25, -0.2) is 0 Å². The number of amides is 2. The van der Waals surface area contributed by atoms with Crippen molar-refractivity contribution in [2.75, 3.05) is 26.7 Å². The van der Waals surface area contributed by atoms with E-state index in [1.165, 1.54) is 0 Å². The average molecular weight is 334 g/mol. The number of likely N-dealkylation sites (N-methyl/N-ethyl adjacent to an activating group) is 1. The summed E-state index contributed by atoms with van der Waals surface area (Å²) in [4.78, 5) is 30.4. The highest BCUT2D eigenvalue weighted by Gasteiger charge is 2.29. The van der Waals surface area contributed by atoms with Crippen LogP contribution in [0.5, 0.6) is 0 Å². The Morgan fingerprint density at radius 3 is 3.00 bits per heavy atom. The molecule has 7 heteroatoms. The monoisotopic (exact) mass is 333 g/mol. The van der Waals surface area contributed by atoms with Crippen molar-refractivity contribution in [2.45, 2.75) is 6.10 Å². The number of pyridine rings is 1. The largest absolute Gasteiger partial charge is 0.365 e. The maximum absolute atomic E-state index is 12.8. The maximum atomic E-state index is 12.8. The van der Waals surface area contributed by atoms with Gasteiger partial charge < -0.3 is 15.0 Å². The summed E-state index contributed by atoms with van der Waals surface area (Å²) in [5.74, 6) is -0.387. The van der Waals surface area contributed by atoms with Gasteiger partial charge in [0.05, 0.1) is 23.7 Å². The van der Waals surface area contributed by atoms with Gasteiger partial charge in [0, 0.05) is 30.7 Å². The van der Waals surface area contributed by atoms with E-state index in [-0.39, 0.29) is 18.4 Å². The van der Waals surface area contributed by atoms with Crippen LogP contribution in [0, 0.1) is 0 Å². The number of ether oxygens (including phenoxy) is 1. The lowest BCUT2D eigenvalue weighted by molar-refractivity contribution is -0.136. The molecule has 1 aliphatic heterocycles. The highest BCUT2D eigenvalue weighted by molar-refractivity contribution is 6.35. The van der Waals surface area contributed by atoms with Crippen LogP contribution in [0.4, 0.5) is 0 Å². The number of carbonyl (C=O) groups excluding carboxylic acids is 2. The van der Waals surface area contributed by atoms with E-state index in [9.17, 15) is 9.59 Å². The first-order valence-electron chi connectivity index (χ1n) is 7.27. The van der Waals surface area contributed by atoms with Crippen molar-refractivity contribution in [3.8, 4) is 0 Å². The second-order valence-corrected chi connectivity index (χ2v) is 5.63. The van der Waals surface area contributed by atoms with Gasteiger partial charge in [-0.2, -0.15) is 0 Å². The quantitative estimate of drug-likeness (QED) is 0.903. The van der Waals surface area contributed by atoms with E-state index < -0.39 is 6.10 Å². The third-order valence-corrected chi connectivity index (χ3v) is 4.15. The molecule has 0 aliphatic carbocycles. The van der Waals surface area contributed by atoms with Gasteiger partial charge >= 0.3 is 0 Å². The van der Waals surface area contributed by atoms with Crippen LogP contribution < -0.4 is 5.32 Å². The molecule has 2 aromatic rings. The molecular formula is C16H16ClN3O3. The second-order valence-electron chi connectivity index (χ2n) is 5.22. The summed E-state index contributed by atoms with van der Waals surface area (Å²) < 4.78 is 5.41. The molecular weight excluding hydrogens is 318 g/mol. The van der Waals surface area contributed by atoms with Crippen LogP contribution in [0.25, 0.3) is 10.9 Å². The minimum atomic E-state index is -0.644. The summed E-state index contributed by atoms with van der Waals surface area (Å²) in [5, 5.41) is 3.75. The highest BCUT2D eigenvalue weighted by Crippen LogP contribution is 2.26. The van der Waals surface area contributed by atoms with Gasteiger partial charge in [0.15, 0.2) is 6.10 Å². The number of halogens is 1. The molecule has 23 heavy (non-hydrogen) atoms. The topological polar surface area (TPSA) is 71.5 Å². The Morgan fingerprint density at radius 1 is 1.39 bits per heavy atom. The lowest BCUT2D eigenvalue weighted by atomic mass is 10.1. The van der Waals surface area contributed by atoms with Crippen LogP contribution in [0.1, 0.15) is 10.4 Å². The van der Waals surface area contributed by atoms with Gasteiger partial charge in [-0.3, -0.25) is 14.6 Å². The molecule has 3 rings (SSSR count). The fourth-order valence-electron chi connectivity index (χ4n) is 2.65. The van der Waals surface area contributed by atoms with Crippen molar-refractivity contribution in [1.82, 2.24) is 15.2 Å². The van der Waals surface area contributed by atoms with Crippen molar-refractivity contribution < 1.29 is 14.3 Å². The maximum Gasteiger partial charge on any atom is 0.254 e. The summed E-state index contributed by atoms with van der Waals surface area (Å²) in [6.45, 7) is 0.993. The standard InChI is InChI=1S/C16H16ClN3O3/c1-18-15(21)13-9-20(7-8-23-13)16(22)11-4-5-12(17)14-10(11)3-2-6-19-14/h2-6,13H,7-9H2,1H3,(H,18,21). The van der Waals surface area contributed by atoms with Gasteiger partial charge in [0.2, 0.25) is 0 Å². The van der Waals surface area contributed by atoms with Gasteiger partial charge in [-0.1, -0.05) is 17.7 Å². The molecule has 0 radical (unpaired) electrons. The Kier molecular flexibility index (Phi) is 4.45. The molecule has 1 aromatic carbocycles. The number of carbonyl (C=O) groups is 2. The minimum absolute atomic E-state index is 0.156. The molecule has 120 valence electrons. The van der Waals surface area contributed by atoms with Crippen molar-refractivity contribution in [2.24, 2.45) is 0 Å². The van der Waals surface area contributed by atoms with E-state index in [1.54, 1.807) is 36.3 Å². The van der Waals surface area contributed by atoms with E-state index >= 15 is 0 Å². The molecule has 1 unspecified atom stereocenters. The fraction of sp³-hybridized carbons (Fsp3) is 0.312. The number of fused-ring (bicyclic) bond motifs is 1. The number of morpholine rings is 1. The third kappa shape index (κ3) is 3.00. The van der Waals surface area contributed by atoms with E-state index in [1.807, 2.05) is 6.07 Å². The average Bonchev–Trinajstić information content (AvgIpc) is 2.61. The van der Waals surface area contributed by atoms with Crippen LogP contribution in [0.3, 0.4) is 0 Å². The zero-order chi connectivity index (χ0) is 16.4. The third-order valence-electron chi connectivity index (χ3n) is 3.84. The number of nitrogens with one attached hydrogen (secondary N) is 1. The Bertz CT molecular complexity index is 765. The SMILES string of the molecule is CNC(=O)C1CN(C(=O)c2ccc(Cl)c3ncccc23)CCO1. The van der Waals surface area contributed by atoms with Gasteiger partial charge in [0.25, 0.3) is 11.8 Å². The van der Waals surface area contributed by atoms with Crippen LogP contribution in [0.15, 0.2) is 30.5 Å². The van der Waals surface area contributed by atoms with E-state index in [2.05, 4.69) is 10.3 Å². The number of nitrogens with zero attached hydrogens (tertiary/aromatic N) is 2. The summed E-state index contributed by atoms with van der Waals surface area (Å²) in [5.41, 5.74) is 1.12. The molecule has 1 N–H and O–H groups in total. The van der Waals surface area contributed by atoms with Gasteiger partial charge in [-0.15, -0.1) is 0 Å². The Labute approximate surface area is 138 Å². The lowest BCUT2D eigenvalue weighted by Crippen LogP contribution is -2.51. The summed E-state index contributed by atoms with van der Waals surface area (Å²) in [7, 11) is 1.55. The van der Waals surface area contributed by atoms with E-state index in [0.717, 1.165) is 0 Å². The van der Waals surface area contributed by atoms with E-state index in [0.29, 0.717) is 34.6 Å². The minimum Gasteiger partial charge on any atom is -0.365 e. The van der Waals surface area contributed by atoms with Crippen LogP contribution in [-0.4, -0.2) is 54.5 Å². The van der Waals surface area contributed by atoms with E-state index in [4.69, 9.17) is 16.3 Å². The summed E-state index contributed by atoms with van der Waals surface area (Å²) in [6.07, 6.45) is 0.994. The summed E-state index contributed by atoms with van der Waals surface area (Å²) >= 11 is 6.14. The Balaban J connectivity index is 1.92. The molecule has 1 atom stereocenters. The number of aromatic nitrogens is 1. The first-order valence-corrected chi connectivity index (χ1v) is 7.65. The van der Waals surface area contributed by atoms with Crippen molar-refractivity contribution >= 4 is 34.3 Å². The smallest absolute Gasteiger partial charge is 0.254 e. The number of benzene rings is 1. The van der Waals surface area contributed by atoms with Crippen LogP contribution in [-0.2, 0) is 9.53 Å². The highest BCUT2D eigenvalue weighted by atomic mass is 35.5. The first-order chi connectivity index (χ1) is 11.1. The van der Waals surface area contributed by atoms with Crippen molar-refractivity contribution in [3.63, 3.8) is 0 Å². The normalized spacial score (nSPS) is 18.0. The fourth-order valence-corrected chi connectivity index (χ4v) is 2.86. The second kappa shape index (κ2) is 6.52. The molecule has 1 saturated heterocycles. The lowest BCUT2D eigenvalue weighted by Gasteiger charge is -2.32. The predicted molar refractivity (Wildman–Crippen MR) is 86.5 cm³/mol. The first kappa shape index (κ1) is 15.7. The molecule has 1 fully saturated rings. The number of hydrogen-bond donors (Lipinski definition) is 1. The molecule has 0 spiro atoms. The number of rotatable bonds is 2. The predicted octanol–water partition coefficient (Wildman–Crippen LogP) is 1.48. The Morgan fingerprint density at radius 2 is 2.22 bits per heavy atom. The van der Waals surface area contributed by atoms with Crippen LogP contribution >= 0.6 is 11.6 Å². The van der Waals surface area contributed by atoms with Gasteiger partial charge in [0.1, 0.15) is 0 Å². The molecule has 2 heterocycles. The zero-order valence-electron chi connectivity index (χ0n) is 12.6. The molecule has 1 aromatic heterocycles. The van der Waals surface area contributed by atoms with Crippen molar-refractivity contribution in [3.05, 3.63) is 41.0 Å². The molecule has 2 amide bonds. The Hall–Kier alpha value is -2.18. The van der Waals surface area contributed by atoms with Crippen molar-refractivity contribution in [1.29, 1.82) is 0 Å². The van der Waals surface area contributed by atoms with Gasteiger partial charge in [-0.05, 0) is 18.2 Å². The molecule has 0 saturated carbocycles. The molecule has 1 aliphatic rings. The number of hydrogen-bond acceptors (Lipinski definition) is 4. The van der Waals surface area contributed by atoms with Crippen LogP contribution in [0.2, 0.25) is 5.02 Å². The molecule has 0 bridgehead atoms. The zero-order valence-corrected chi connectivity index (χ0v) is 13.3. The molecule has 6 nitrogen and oxygen atoms in total. The summed E-state index contributed by atoms with van der Waals surface area (Å²) in [6, 6.07) is 6.94.